The molecule has 118 valence electrons. The van der Waals surface area contributed by atoms with Crippen LogP contribution in [0.15, 0.2) is 52.9 Å². The summed E-state index contributed by atoms with van der Waals surface area (Å²) in [5, 5.41) is 0. The van der Waals surface area contributed by atoms with Crippen LogP contribution in [0.4, 0.5) is 0 Å². The van der Waals surface area contributed by atoms with E-state index in [1.165, 1.54) is 6.42 Å². The fourth-order valence-corrected chi connectivity index (χ4v) is 3.10. The summed E-state index contributed by atoms with van der Waals surface area (Å²) in [5.41, 5.74) is 9.84. The molecule has 1 aromatic heterocycles. The number of aromatic nitrogens is 1. The van der Waals surface area contributed by atoms with Gasteiger partial charge in [-0.3, -0.25) is 0 Å². The van der Waals surface area contributed by atoms with E-state index >= 15 is 0 Å². The molecule has 4 rings (SSSR count). The Morgan fingerprint density at radius 3 is 2.65 bits per heavy atom. The first-order valence-electron chi connectivity index (χ1n) is 8.12. The molecule has 23 heavy (non-hydrogen) atoms. The molecule has 1 aliphatic rings. The number of ether oxygens (including phenoxy) is 1. The minimum absolute atomic E-state index is 0.189. The van der Waals surface area contributed by atoms with Crippen LogP contribution in [0.1, 0.15) is 24.8 Å². The van der Waals surface area contributed by atoms with Gasteiger partial charge in [0.25, 0.3) is 0 Å². The summed E-state index contributed by atoms with van der Waals surface area (Å²) < 4.78 is 11.7. The maximum Gasteiger partial charge on any atom is 0.227 e. The van der Waals surface area contributed by atoms with Gasteiger partial charge in [0.05, 0.1) is 12.7 Å². The molecule has 0 radical (unpaired) electrons. The predicted molar refractivity (Wildman–Crippen MR) is 89.8 cm³/mol. The Morgan fingerprint density at radius 2 is 1.91 bits per heavy atom. The lowest BCUT2D eigenvalue weighted by molar-refractivity contribution is 0.0357. The second kappa shape index (κ2) is 6.14. The second-order valence-electron chi connectivity index (χ2n) is 6.13. The molecular weight excluding hydrogens is 288 g/mol. The Balaban J connectivity index is 1.47. The van der Waals surface area contributed by atoms with Crippen molar-refractivity contribution in [2.24, 2.45) is 5.73 Å². The van der Waals surface area contributed by atoms with Gasteiger partial charge in [-0.2, -0.15) is 0 Å². The third kappa shape index (κ3) is 3.00. The fraction of sp³-hybridized carbons (Fsp3) is 0.316. The van der Waals surface area contributed by atoms with E-state index in [9.17, 15) is 0 Å². The van der Waals surface area contributed by atoms with E-state index in [0.29, 0.717) is 12.5 Å². The first-order valence-corrected chi connectivity index (χ1v) is 8.12. The van der Waals surface area contributed by atoms with Crippen molar-refractivity contribution < 1.29 is 9.15 Å². The minimum Gasteiger partial charge on any atom is -0.436 e. The van der Waals surface area contributed by atoms with E-state index in [1.807, 2.05) is 36.4 Å². The summed E-state index contributed by atoms with van der Waals surface area (Å²) in [7, 11) is 0. The van der Waals surface area contributed by atoms with Crippen LogP contribution >= 0.6 is 0 Å². The van der Waals surface area contributed by atoms with Gasteiger partial charge in [-0.15, -0.1) is 0 Å². The highest BCUT2D eigenvalue weighted by atomic mass is 16.5. The quantitative estimate of drug-likeness (QED) is 0.794. The molecule has 0 amide bonds. The molecule has 4 heteroatoms. The predicted octanol–water partition coefficient (Wildman–Crippen LogP) is 3.89. The van der Waals surface area contributed by atoms with Gasteiger partial charge in [0.1, 0.15) is 5.52 Å². The first-order chi connectivity index (χ1) is 11.3. The molecule has 1 aliphatic carbocycles. The molecule has 1 fully saturated rings. The zero-order valence-electron chi connectivity index (χ0n) is 12.9. The van der Waals surface area contributed by atoms with Crippen molar-refractivity contribution in [3.63, 3.8) is 0 Å². The first kappa shape index (κ1) is 14.4. The number of nitrogens with zero attached hydrogens (tertiary/aromatic N) is 1. The third-order valence-corrected chi connectivity index (χ3v) is 4.46. The topological polar surface area (TPSA) is 61.3 Å². The lowest BCUT2D eigenvalue weighted by Crippen LogP contribution is -2.31. The van der Waals surface area contributed by atoms with Crippen LogP contribution in [0.2, 0.25) is 0 Å². The van der Waals surface area contributed by atoms with Crippen molar-refractivity contribution in [1.29, 1.82) is 0 Å². The van der Waals surface area contributed by atoms with Gasteiger partial charge in [0, 0.05) is 11.6 Å². The number of rotatable bonds is 4. The molecule has 2 atom stereocenters. The van der Waals surface area contributed by atoms with Crippen molar-refractivity contribution >= 4 is 11.1 Å². The molecule has 1 saturated carbocycles. The van der Waals surface area contributed by atoms with Gasteiger partial charge in [0.2, 0.25) is 5.89 Å². The summed E-state index contributed by atoms with van der Waals surface area (Å²) in [6.07, 6.45) is 3.51. The Morgan fingerprint density at radius 1 is 1.09 bits per heavy atom. The number of hydrogen-bond donors (Lipinski definition) is 1. The molecule has 0 bridgehead atoms. The molecule has 0 aliphatic heterocycles. The summed E-state index contributed by atoms with van der Waals surface area (Å²) in [6, 6.07) is 16.2. The van der Waals surface area contributed by atoms with E-state index in [1.54, 1.807) is 0 Å². The highest BCUT2D eigenvalue weighted by Gasteiger charge is 2.24. The van der Waals surface area contributed by atoms with Crippen molar-refractivity contribution in [2.75, 3.05) is 0 Å². The largest absolute Gasteiger partial charge is 0.436 e. The molecule has 0 saturated heterocycles. The van der Waals surface area contributed by atoms with E-state index in [4.69, 9.17) is 14.9 Å². The van der Waals surface area contributed by atoms with Gasteiger partial charge in [-0.05, 0) is 49.1 Å². The van der Waals surface area contributed by atoms with Gasteiger partial charge in [-0.1, -0.05) is 24.3 Å². The lowest BCUT2D eigenvalue weighted by atomic mass is 10.1. The molecule has 1 heterocycles. The molecule has 4 nitrogen and oxygen atoms in total. The summed E-state index contributed by atoms with van der Waals surface area (Å²) in [4.78, 5) is 4.52. The average molecular weight is 308 g/mol. The molecular formula is C19H20N2O2. The number of fused-ring (bicyclic) bond motifs is 1. The highest BCUT2D eigenvalue weighted by Crippen LogP contribution is 2.25. The number of oxazole rings is 1. The number of nitrogens with two attached hydrogens (primary N) is 1. The summed E-state index contributed by atoms with van der Waals surface area (Å²) in [6.45, 7) is 0.603. The molecule has 2 N–H and O–H groups in total. The van der Waals surface area contributed by atoms with Crippen LogP contribution in [0, 0.1) is 0 Å². The maximum absolute atomic E-state index is 6.03. The smallest absolute Gasteiger partial charge is 0.227 e. The van der Waals surface area contributed by atoms with Crippen molar-refractivity contribution in [3.05, 3.63) is 54.1 Å². The molecule has 2 aromatic carbocycles. The van der Waals surface area contributed by atoms with Gasteiger partial charge >= 0.3 is 0 Å². The third-order valence-electron chi connectivity index (χ3n) is 4.46. The van der Waals surface area contributed by atoms with Gasteiger partial charge in [-0.25, -0.2) is 4.98 Å². The molecule has 3 aromatic rings. The van der Waals surface area contributed by atoms with Gasteiger partial charge in [0.15, 0.2) is 5.58 Å². The summed E-state index contributed by atoms with van der Waals surface area (Å²) >= 11 is 0. The Bertz CT molecular complexity index is 761. The van der Waals surface area contributed by atoms with Crippen LogP contribution in [0.25, 0.3) is 22.6 Å². The number of para-hydroxylation sites is 2. The van der Waals surface area contributed by atoms with Crippen LogP contribution in [-0.4, -0.2) is 17.1 Å². The van der Waals surface area contributed by atoms with Crippen molar-refractivity contribution in [2.45, 2.75) is 38.0 Å². The molecule has 0 spiro atoms. The summed E-state index contributed by atoms with van der Waals surface area (Å²) in [5.74, 6) is 0.650. The van der Waals surface area contributed by atoms with E-state index < -0.39 is 0 Å². The van der Waals surface area contributed by atoms with Crippen molar-refractivity contribution in [1.82, 2.24) is 4.98 Å². The van der Waals surface area contributed by atoms with Crippen LogP contribution in [0.3, 0.4) is 0 Å². The van der Waals surface area contributed by atoms with E-state index in [0.717, 1.165) is 35.1 Å². The lowest BCUT2D eigenvalue weighted by Gasteiger charge is -2.16. The van der Waals surface area contributed by atoms with Crippen LogP contribution in [0.5, 0.6) is 0 Å². The van der Waals surface area contributed by atoms with Crippen LogP contribution in [-0.2, 0) is 11.3 Å². The fourth-order valence-electron chi connectivity index (χ4n) is 3.10. The monoisotopic (exact) mass is 308 g/mol. The van der Waals surface area contributed by atoms with Gasteiger partial charge < -0.3 is 14.9 Å². The highest BCUT2D eigenvalue weighted by molar-refractivity contribution is 5.75. The Hall–Kier alpha value is -2.17. The van der Waals surface area contributed by atoms with Crippen LogP contribution < -0.4 is 5.73 Å². The standard InChI is InChI=1S/C19H20N2O2/c20-15-4-3-7-17(15)22-12-13-8-10-14(11-9-13)19-21-16-5-1-2-6-18(16)23-19/h1-2,5-6,8-11,15,17H,3-4,7,12,20H2. The molecule has 2 unspecified atom stereocenters. The minimum atomic E-state index is 0.189. The normalized spacial score (nSPS) is 21.1. The maximum atomic E-state index is 6.03. The Kier molecular flexibility index (Phi) is 3.85. The SMILES string of the molecule is NC1CCCC1OCc1ccc(-c2nc3ccccc3o2)cc1. The van der Waals surface area contributed by atoms with E-state index in [2.05, 4.69) is 17.1 Å². The number of benzene rings is 2. The second-order valence-corrected chi connectivity index (χ2v) is 6.13. The van der Waals surface area contributed by atoms with Crippen molar-refractivity contribution in [3.8, 4) is 11.5 Å². The Labute approximate surface area is 135 Å². The van der Waals surface area contributed by atoms with E-state index in [-0.39, 0.29) is 12.1 Å². The average Bonchev–Trinajstić information content (AvgIpc) is 3.19. The zero-order chi connectivity index (χ0) is 15.6. The number of hydrogen-bond acceptors (Lipinski definition) is 4. The zero-order valence-corrected chi connectivity index (χ0v) is 12.9.